The predicted molar refractivity (Wildman–Crippen MR) is 79.5 cm³/mol. The van der Waals surface area contributed by atoms with Gasteiger partial charge < -0.3 is 20.1 Å². The van der Waals surface area contributed by atoms with Crippen LogP contribution < -0.4 is 20.1 Å². The lowest BCUT2D eigenvalue weighted by atomic mass is 10.2. The third kappa shape index (κ3) is 3.32. The minimum absolute atomic E-state index is 0.0585. The molecule has 0 unspecified atom stereocenters. The molecule has 2 N–H and O–H groups in total. The maximum Gasteiger partial charge on any atom is 0.319 e. The number of carbonyl (C=O) groups is 1. The number of halogens is 1. The Labute approximate surface area is 131 Å². The number of hydrogen-bond acceptors (Lipinski definition) is 4. The Hall–Kier alpha value is -3.27. The minimum atomic E-state index is -0.534. The first kappa shape index (κ1) is 14.7. The van der Waals surface area contributed by atoms with Gasteiger partial charge >= 0.3 is 6.03 Å². The van der Waals surface area contributed by atoms with Gasteiger partial charge in [-0.3, -0.25) is 0 Å². The van der Waals surface area contributed by atoms with Crippen LogP contribution in [-0.2, 0) is 6.54 Å². The zero-order valence-electron chi connectivity index (χ0n) is 11.9. The van der Waals surface area contributed by atoms with Crippen LogP contribution in [0, 0.1) is 17.1 Å². The van der Waals surface area contributed by atoms with Crippen LogP contribution in [0.5, 0.6) is 11.5 Å². The molecule has 1 aliphatic heterocycles. The minimum Gasteiger partial charge on any atom is -0.454 e. The number of hydrogen-bond donors (Lipinski definition) is 2. The molecule has 7 heteroatoms. The zero-order chi connectivity index (χ0) is 16.2. The Morgan fingerprint density at radius 1 is 1.22 bits per heavy atom. The summed E-state index contributed by atoms with van der Waals surface area (Å²) in [6.07, 6.45) is 0. The van der Waals surface area contributed by atoms with Crippen molar-refractivity contribution in [3.05, 3.63) is 53.3 Å². The molecule has 3 rings (SSSR count). The van der Waals surface area contributed by atoms with Crippen molar-refractivity contribution in [1.82, 2.24) is 5.32 Å². The summed E-state index contributed by atoms with van der Waals surface area (Å²) in [4.78, 5) is 11.9. The van der Waals surface area contributed by atoms with Gasteiger partial charge in [-0.15, -0.1) is 0 Å². The maximum atomic E-state index is 13.0. The summed E-state index contributed by atoms with van der Waals surface area (Å²) < 4.78 is 23.5. The number of benzene rings is 2. The van der Waals surface area contributed by atoms with Gasteiger partial charge in [0, 0.05) is 6.54 Å². The number of amides is 2. The molecule has 0 bridgehead atoms. The van der Waals surface area contributed by atoms with E-state index in [0.29, 0.717) is 11.5 Å². The number of nitriles is 1. The lowest BCUT2D eigenvalue weighted by Crippen LogP contribution is -2.28. The average Bonchev–Trinajstić information content (AvgIpc) is 3.02. The van der Waals surface area contributed by atoms with Crippen LogP contribution in [0.2, 0.25) is 0 Å². The van der Waals surface area contributed by atoms with Crippen LogP contribution in [0.4, 0.5) is 14.9 Å². The van der Waals surface area contributed by atoms with Crippen LogP contribution >= 0.6 is 0 Å². The highest BCUT2D eigenvalue weighted by Crippen LogP contribution is 2.32. The van der Waals surface area contributed by atoms with Gasteiger partial charge in [0.2, 0.25) is 6.79 Å². The van der Waals surface area contributed by atoms with Crippen LogP contribution in [-0.4, -0.2) is 12.8 Å². The van der Waals surface area contributed by atoms with Gasteiger partial charge in [0.1, 0.15) is 11.9 Å². The fourth-order valence-corrected chi connectivity index (χ4v) is 2.12. The molecule has 2 amide bonds. The smallest absolute Gasteiger partial charge is 0.319 e. The molecule has 2 aromatic rings. The lowest BCUT2D eigenvalue weighted by Gasteiger charge is -2.09. The third-order valence-electron chi connectivity index (χ3n) is 3.24. The van der Waals surface area contributed by atoms with E-state index in [1.807, 2.05) is 12.1 Å². The summed E-state index contributed by atoms with van der Waals surface area (Å²) in [6, 6.07) is 10.3. The maximum absolute atomic E-state index is 13.0. The summed E-state index contributed by atoms with van der Waals surface area (Å²) in [5.74, 6) is 0.769. The molecule has 1 aliphatic rings. The monoisotopic (exact) mass is 313 g/mol. The van der Waals surface area contributed by atoms with Gasteiger partial charge in [0.05, 0.1) is 11.3 Å². The first-order chi connectivity index (χ1) is 11.2. The molecule has 0 aromatic heterocycles. The second-order valence-corrected chi connectivity index (χ2v) is 4.80. The van der Waals surface area contributed by atoms with E-state index >= 15 is 0 Å². The Kier molecular flexibility index (Phi) is 3.97. The van der Waals surface area contributed by atoms with Gasteiger partial charge in [-0.05, 0) is 35.9 Å². The molecule has 0 saturated carbocycles. The van der Waals surface area contributed by atoms with Crippen molar-refractivity contribution in [2.75, 3.05) is 12.1 Å². The van der Waals surface area contributed by atoms with E-state index in [0.717, 1.165) is 11.6 Å². The number of ether oxygens (including phenoxy) is 2. The summed E-state index contributed by atoms with van der Waals surface area (Å²) in [7, 11) is 0. The first-order valence-corrected chi connectivity index (χ1v) is 6.79. The zero-order valence-corrected chi connectivity index (χ0v) is 11.9. The fraction of sp³-hybridized carbons (Fsp3) is 0.125. The van der Waals surface area contributed by atoms with Crippen LogP contribution in [0.1, 0.15) is 11.1 Å². The molecule has 0 aliphatic carbocycles. The summed E-state index contributed by atoms with van der Waals surface area (Å²) in [5.41, 5.74) is 1.14. The highest BCUT2D eigenvalue weighted by atomic mass is 19.1. The summed E-state index contributed by atoms with van der Waals surface area (Å²) in [5, 5.41) is 14.1. The molecule has 0 spiro atoms. The predicted octanol–water partition coefficient (Wildman–Crippen LogP) is 2.75. The Morgan fingerprint density at radius 2 is 2.04 bits per heavy atom. The van der Waals surface area contributed by atoms with Crippen molar-refractivity contribution < 1.29 is 18.7 Å². The van der Waals surface area contributed by atoms with Crippen molar-refractivity contribution in [1.29, 1.82) is 5.26 Å². The quantitative estimate of drug-likeness (QED) is 0.912. The molecular formula is C16H12FN3O3. The Morgan fingerprint density at radius 3 is 2.87 bits per heavy atom. The molecule has 0 radical (unpaired) electrons. The van der Waals surface area contributed by atoms with Crippen LogP contribution in [0.15, 0.2) is 36.4 Å². The van der Waals surface area contributed by atoms with E-state index in [-0.39, 0.29) is 24.6 Å². The van der Waals surface area contributed by atoms with Crippen LogP contribution in [0.25, 0.3) is 0 Å². The van der Waals surface area contributed by atoms with Gasteiger partial charge in [-0.2, -0.15) is 5.26 Å². The molecule has 0 fully saturated rings. The van der Waals surface area contributed by atoms with Gasteiger partial charge in [0.25, 0.3) is 0 Å². The van der Waals surface area contributed by atoms with Crippen molar-refractivity contribution in [2.45, 2.75) is 6.54 Å². The number of carbonyl (C=O) groups excluding carboxylic acids is 1. The standard InChI is InChI=1S/C16H12FN3O3/c17-12-2-3-13(11(6-12)7-18)20-16(21)19-8-10-1-4-14-15(5-10)23-9-22-14/h1-6H,8-9H2,(H2,19,20,21). The molecule has 0 saturated heterocycles. The molecule has 6 nitrogen and oxygen atoms in total. The van der Waals surface area contributed by atoms with Gasteiger partial charge in [0.15, 0.2) is 11.5 Å². The van der Waals surface area contributed by atoms with E-state index < -0.39 is 11.8 Å². The molecule has 116 valence electrons. The first-order valence-electron chi connectivity index (χ1n) is 6.79. The van der Waals surface area contributed by atoms with Gasteiger partial charge in [-0.1, -0.05) is 6.07 Å². The normalized spacial score (nSPS) is 11.7. The number of nitrogens with zero attached hydrogens (tertiary/aromatic N) is 1. The topological polar surface area (TPSA) is 83.4 Å². The lowest BCUT2D eigenvalue weighted by molar-refractivity contribution is 0.174. The highest BCUT2D eigenvalue weighted by molar-refractivity contribution is 5.90. The molecule has 23 heavy (non-hydrogen) atoms. The largest absolute Gasteiger partial charge is 0.454 e. The fourth-order valence-electron chi connectivity index (χ4n) is 2.12. The third-order valence-corrected chi connectivity index (χ3v) is 3.24. The number of rotatable bonds is 3. The van der Waals surface area contributed by atoms with E-state index in [2.05, 4.69) is 10.6 Å². The molecule has 2 aromatic carbocycles. The van der Waals surface area contributed by atoms with Crippen molar-refractivity contribution >= 4 is 11.7 Å². The van der Waals surface area contributed by atoms with E-state index in [4.69, 9.17) is 14.7 Å². The number of nitrogens with one attached hydrogen (secondary N) is 2. The van der Waals surface area contributed by atoms with E-state index in [1.165, 1.54) is 12.1 Å². The van der Waals surface area contributed by atoms with Gasteiger partial charge in [-0.25, -0.2) is 9.18 Å². The number of urea groups is 1. The van der Waals surface area contributed by atoms with E-state index in [9.17, 15) is 9.18 Å². The molecular weight excluding hydrogens is 301 g/mol. The average molecular weight is 313 g/mol. The number of fused-ring (bicyclic) bond motifs is 1. The Balaban J connectivity index is 1.61. The highest BCUT2D eigenvalue weighted by Gasteiger charge is 2.13. The Bertz CT molecular complexity index is 802. The second kappa shape index (κ2) is 6.23. The van der Waals surface area contributed by atoms with Crippen molar-refractivity contribution in [3.8, 4) is 17.6 Å². The SMILES string of the molecule is N#Cc1cc(F)ccc1NC(=O)NCc1ccc2c(c1)OCO2. The van der Waals surface area contributed by atoms with Crippen molar-refractivity contribution in [3.63, 3.8) is 0 Å². The second-order valence-electron chi connectivity index (χ2n) is 4.80. The van der Waals surface area contributed by atoms with Crippen LogP contribution in [0.3, 0.4) is 0 Å². The number of anilines is 1. The summed E-state index contributed by atoms with van der Waals surface area (Å²) >= 11 is 0. The summed E-state index contributed by atoms with van der Waals surface area (Å²) in [6.45, 7) is 0.458. The molecule has 1 heterocycles. The van der Waals surface area contributed by atoms with Crippen molar-refractivity contribution in [2.24, 2.45) is 0 Å². The molecule has 0 atom stereocenters. The van der Waals surface area contributed by atoms with E-state index in [1.54, 1.807) is 12.1 Å².